The Balaban J connectivity index is 2.08. The molecule has 0 aromatic carbocycles. The lowest BCUT2D eigenvalue weighted by molar-refractivity contribution is -0.150. The first-order valence-electron chi connectivity index (χ1n) is 7.69. The summed E-state index contributed by atoms with van der Waals surface area (Å²) in [7, 11) is 0. The summed E-state index contributed by atoms with van der Waals surface area (Å²) in [5.41, 5.74) is 0. The van der Waals surface area contributed by atoms with E-state index in [1.54, 1.807) is 0 Å². The predicted molar refractivity (Wildman–Crippen MR) is 74.5 cm³/mol. The lowest BCUT2D eigenvalue weighted by Gasteiger charge is -2.40. The van der Waals surface area contributed by atoms with Gasteiger partial charge in [-0.25, -0.2) is 0 Å². The van der Waals surface area contributed by atoms with Crippen LogP contribution in [0, 0.1) is 11.8 Å². The molecule has 2 amide bonds. The number of carbonyl (C=O) groups excluding carboxylic acids is 2. The first kappa shape index (κ1) is 14.4. The summed E-state index contributed by atoms with van der Waals surface area (Å²) in [5.74, 6) is 1.44. The lowest BCUT2D eigenvalue weighted by atomic mass is 9.98. The summed E-state index contributed by atoms with van der Waals surface area (Å²) in [6.07, 6.45) is 4.93. The summed E-state index contributed by atoms with van der Waals surface area (Å²) in [4.78, 5) is 26.5. The Hall–Kier alpha value is -1.06. The zero-order valence-corrected chi connectivity index (χ0v) is 12.3. The van der Waals surface area contributed by atoms with Gasteiger partial charge in [-0.3, -0.25) is 9.59 Å². The van der Waals surface area contributed by atoms with Crippen molar-refractivity contribution in [3.8, 4) is 0 Å². The second kappa shape index (κ2) is 5.93. The fourth-order valence-corrected chi connectivity index (χ4v) is 3.06. The minimum absolute atomic E-state index is 0.0311. The zero-order valence-electron chi connectivity index (χ0n) is 12.3. The van der Waals surface area contributed by atoms with E-state index in [4.69, 9.17) is 0 Å². The van der Waals surface area contributed by atoms with Gasteiger partial charge in [0, 0.05) is 6.54 Å². The third-order valence-corrected chi connectivity index (χ3v) is 4.45. The average molecular weight is 266 g/mol. The van der Waals surface area contributed by atoms with Crippen molar-refractivity contribution in [3.63, 3.8) is 0 Å². The van der Waals surface area contributed by atoms with Crippen LogP contribution in [0.15, 0.2) is 0 Å². The molecule has 1 heterocycles. The summed E-state index contributed by atoms with van der Waals surface area (Å²) in [6.45, 7) is 6.98. The number of nitrogens with one attached hydrogen (secondary N) is 1. The van der Waals surface area contributed by atoms with Crippen molar-refractivity contribution < 1.29 is 9.59 Å². The highest BCUT2D eigenvalue weighted by atomic mass is 16.2. The topological polar surface area (TPSA) is 49.4 Å². The molecule has 3 atom stereocenters. The first-order valence-corrected chi connectivity index (χ1v) is 7.69. The molecule has 1 saturated carbocycles. The fraction of sp³-hybridized carbons (Fsp3) is 0.867. The Kier molecular flexibility index (Phi) is 4.48. The van der Waals surface area contributed by atoms with Crippen LogP contribution < -0.4 is 5.32 Å². The highest BCUT2D eigenvalue weighted by Gasteiger charge is 2.41. The zero-order chi connectivity index (χ0) is 14.0. The first-order chi connectivity index (χ1) is 9.08. The third-order valence-electron chi connectivity index (χ3n) is 4.45. The van der Waals surface area contributed by atoms with Gasteiger partial charge in [0.15, 0.2) is 0 Å². The predicted octanol–water partition coefficient (Wildman–Crippen LogP) is 1.94. The molecule has 4 heteroatoms. The van der Waals surface area contributed by atoms with Gasteiger partial charge < -0.3 is 10.2 Å². The maximum absolute atomic E-state index is 12.5. The quantitative estimate of drug-likeness (QED) is 0.798. The maximum atomic E-state index is 12.5. The van der Waals surface area contributed by atoms with E-state index < -0.39 is 0 Å². The SMILES string of the molecule is CCCC1NC(=O)C(CC)N(CC(C)C2CC2)C1=O. The van der Waals surface area contributed by atoms with Crippen LogP contribution in [0.1, 0.15) is 52.9 Å². The van der Waals surface area contributed by atoms with Crippen LogP contribution in [0.2, 0.25) is 0 Å². The van der Waals surface area contributed by atoms with Gasteiger partial charge in [-0.15, -0.1) is 0 Å². The van der Waals surface area contributed by atoms with Crippen molar-refractivity contribution in [2.75, 3.05) is 6.54 Å². The largest absolute Gasteiger partial charge is 0.343 e. The van der Waals surface area contributed by atoms with E-state index in [0.29, 0.717) is 12.3 Å². The number of carbonyl (C=O) groups is 2. The molecule has 19 heavy (non-hydrogen) atoms. The van der Waals surface area contributed by atoms with Gasteiger partial charge in [0.2, 0.25) is 11.8 Å². The van der Waals surface area contributed by atoms with Gasteiger partial charge in [-0.05, 0) is 37.5 Å². The Bertz CT molecular complexity index is 352. The fourth-order valence-electron chi connectivity index (χ4n) is 3.06. The second-order valence-corrected chi connectivity index (χ2v) is 6.08. The Morgan fingerprint density at radius 1 is 1.32 bits per heavy atom. The van der Waals surface area contributed by atoms with E-state index >= 15 is 0 Å². The molecule has 4 nitrogen and oxygen atoms in total. The number of hydrogen-bond donors (Lipinski definition) is 1. The van der Waals surface area contributed by atoms with Crippen LogP contribution in [-0.4, -0.2) is 35.3 Å². The number of rotatable bonds is 6. The van der Waals surface area contributed by atoms with Gasteiger partial charge in [0.25, 0.3) is 0 Å². The molecule has 1 aliphatic heterocycles. The molecule has 2 rings (SSSR count). The highest BCUT2D eigenvalue weighted by Crippen LogP contribution is 2.37. The molecule has 2 fully saturated rings. The standard InChI is InChI=1S/C15H26N2O2/c1-4-6-12-15(19)17(9-10(3)11-7-8-11)13(5-2)14(18)16-12/h10-13H,4-9H2,1-3H3,(H,16,18). The number of hydrogen-bond acceptors (Lipinski definition) is 2. The van der Waals surface area contributed by atoms with Crippen LogP contribution in [0.5, 0.6) is 0 Å². The van der Waals surface area contributed by atoms with E-state index in [2.05, 4.69) is 12.2 Å². The van der Waals surface area contributed by atoms with E-state index in [9.17, 15) is 9.59 Å². The van der Waals surface area contributed by atoms with E-state index in [-0.39, 0.29) is 23.9 Å². The summed E-state index contributed by atoms with van der Waals surface area (Å²) in [6, 6.07) is -0.562. The van der Waals surface area contributed by atoms with E-state index in [0.717, 1.165) is 25.3 Å². The van der Waals surface area contributed by atoms with Crippen LogP contribution in [0.3, 0.4) is 0 Å². The normalized spacial score (nSPS) is 29.3. The van der Waals surface area contributed by atoms with Gasteiger partial charge in [0.05, 0.1) is 0 Å². The molecular formula is C15H26N2O2. The maximum Gasteiger partial charge on any atom is 0.245 e. The number of piperazine rings is 1. The molecular weight excluding hydrogens is 240 g/mol. The van der Waals surface area contributed by atoms with Crippen molar-refractivity contribution in [2.45, 2.75) is 65.0 Å². The van der Waals surface area contributed by atoms with Crippen LogP contribution in [-0.2, 0) is 9.59 Å². The minimum atomic E-state index is -0.299. The Morgan fingerprint density at radius 2 is 2.00 bits per heavy atom. The molecule has 0 spiro atoms. The second-order valence-electron chi connectivity index (χ2n) is 6.08. The molecule has 0 aromatic rings. The van der Waals surface area contributed by atoms with Gasteiger partial charge >= 0.3 is 0 Å². The molecule has 0 bridgehead atoms. The molecule has 2 aliphatic rings. The third kappa shape index (κ3) is 3.10. The van der Waals surface area contributed by atoms with Crippen molar-refractivity contribution >= 4 is 11.8 Å². The van der Waals surface area contributed by atoms with Crippen molar-refractivity contribution in [1.82, 2.24) is 10.2 Å². The van der Waals surface area contributed by atoms with Gasteiger partial charge in [0.1, 0.15) is 12.1 Å². The number of amides is 2. The average Bonchev–Trinajstić information content (AvgIpc) is 3.20. The van der Waals surface area contributed by atoms with Crippen LogP contribution in [0.25, 0.3) is 0 Å². The van der Waals surface area contributed by atoms with Gasteiger partial charge in [-0.1, -0.05) is 27.2 Å². The summed E-state index contributed by atoms with van der Waals surface area (Å²) >= 11 is 0. The van der Waals surface area contributed by atoms with E-state index in [1.165, 1.54) is 12.8 Å². The highest BCUT2D eigenvalue weighted by molar-refractivity contribution is 5.96. The smallest absolute Gasteiger partial charge is 0.245 e. The van der Waals surface area contributed by atoms with Crippen molar-refractivity contribution in [3.05, 3.63) is 0 Å². The van der Waals surface area contributed by atoms with Crippen LogP contribution >= 0.6 is 0 Å². The van der Waals surface area contributed by atoms with Crippen LogP contribution in [0.4, 0.5) is 0 Å². The number of nitrogens with zero attached hydrogens (tertiary/aromatic N) is 1. The summed E-state index contributed by atoms with van der Waals surface area (Å²) in [5, 5.41) is 2.89. The van der Waals surface area contributed by atoms with Gasteiger partial charge in [-0.2, -0.15) is 0 Å². The molecule has 3 unspecified atom stereocenters. The molecule has 1 N–H and O–H groups in total. The monoisotopic (exact) mass is 266 g/mol. The molecule has 0 radical (unpaired) electrons. The minimum Gasteiger partial charge on any atom is -0.343 e. The molecule has 108 valence electrons. The molecule has 0 aromatic heterocycles. The van der Waals surface area contributed by atoms with E-state index in [1.807, 2.05) is 18.7 Å². The lowest BCUT2D eigenvalue weighted by Crippen LogP contribution is -2.63. The Labute approximate surface area is 115 Å². The molecule has 1 saturated heterocycles. The molecule has 1 aliphatic carbocycles. The van der Waals surface area contributed by atoms with Crippen molar-refractivity contribution in [2.24, 2.45) is 11.8 Å². The van der Waals surface area contributed by atoms with Crippen molar-refractivity contribution in [1.29, 1.82) is 0 Å². The summed E-state index contributed by atoms with van der Waals surface area (Å²) < 4.78 is 0. The Morgan fingerprint density at radius 3 is 2.53 bits per heavy atom.